The van der Waals surface area contributed by atoms with Gasteiger partial charge < -0.3 is 10.4 Å². The lowest BCUT2D eigenvalue weighted by atomic mass is 9.48. The molecule has 5 aliphatic rings. The zero-order chi connectivity index (χ0) is 14.4. The van der Waals surface area contributed by atoms with Crippen LogP contribution in [0.3, 0.4) is 0 Å². The Balaban J connectivity index is 1.45. The summed E-state index contributed by atoms with van der Waals surface area (Å²) in [6.45, 7) is 2.44. The van der Waals surface area contributed by atoms with Gasteiger partial charge in [-0.15, -0.1) is 0 Å². The Labute approximate surface area is 130 Å². The molecule has 0 amide bonds. The van der Waals surface area contributed by atoms with Crippen molar-refractivity contribution in [2.45, 2.75) is 95.7 Å². The molecular formula is C19H33NO. The summed E-state index contributed by atoms with van der Waals surface area (Å²) < 4.78 is 0. The Morgan fingerprint density at radius 1 is 0.905 bits per heavy atom. The second-order valence-electron chi connectivity index (χ2n) is 8.98. The molecular weight excluding hydrogens is 258 g/mol. The molecule has 120 valence electrons. The summed E-state index contributed by atoms with van der Waals surface area (Å²) in [6, 6.07) is 0.958. The van der Waals surface area contributed by atoms with E-state index in [1.165, 1.54) is 64.2 Å². The maximum absolute atomic E-state index is 10.4. The van der Waals surface area contributed by atoms with Gasteiger partial charge in [-0.3, -0.25) is 0 Å². The molecule has 0 aliphatic heterocycles. The van der Waals surface area contributed by atoms with E-state index in [1.54, 1.807) is 0 Å². The zero-order valence-electron chi connectivity index (χ0n) is 13.7. The minimum atomic E-state index is -0.108. The van der Waals surface area contributed by atoms with Crippen molar-refractivity contribution in [2.75, 3.05) is 0 Å². The fourth-order valence-electron chi connectivity index (χ4n) is 6.69. The molecule has 5 rings (SSSR count). The van der Waals surface area contributed by atoms with Gasteiger partial charge in [0.15, 0.2) is 0 Å². The van der Waals surface area contributed by atoms with Crippen molar-refractivity contribution in [3.63, 3.8) is 0 Å². The second-order valence-corrected chi connectivity index (χ2v) is 8.98. The van der Waals surface area contributed by atoms with Gasteiger partial charge in [-0.25, -0.2) is 0 Å². The highest BCUT2D eigenvalue weighted by atomic mass is 16.3. The van der Waals surface area contributed by atoms with E-state index in [2.05, 4.69) is 12.2 Å². The average molecular weight is 291 g/mol. The molecule has 0 spiro atoms. The van der Waals surface area contributed by atoms with Crippen molar-refractivity contribution in [3.8, 4) is 0 Å². The predicted molar refractivity (Wildman–Crippen MR) is 86.1 cm³/mol. The van der Waals surface area contributed by atoms with E-state index >= 15 is 0 Å². The number of aliphatic hydroxyl groups excluding tert-OH is 1. The Morgan fingerprint density at radius 2 is 1.48 bits per heavy atom. The molecule has 5 saturated carbocycles. The third-order valence-corrected chi connectivity index (χ3v) is 7.45. The smallest absolute Gasteiger partial charge is 0.0693 e. The maximum atomic E-state index is 10.4. The molecule has 0 radical (unpaired) electrons. The van der Waals surface area contributed by atoms with Crippen LogP contribution in [0.15, 0.2) is 0 Å². The summed E-state index contributed by atoms with van der Waals surface area (Å²) in [5, 5.41) is 14.3. The van der Waals surface area contributed by atoms with Crippen LogP contribution in [0.1, 0.15) is 77.6 Å². The highest BCUT2D eigenvalue weighted by Crippen LogP contribution is 2.61. The van der Waals surface area contributed by atoms with Crippen LogP contribution in [-0.4, -0.2) is 23.3 Å². The third-order valence-electron chi connectivity index (χ3n) is 7.45. The first kappa shape index (κ1) is 14.5. The van der Waals surface area contributed by atoms with E-state index in [4.69, 9.17) is 0 Å². The lowest BCUT2D eigenvalue weighted by Crippen LogP contribution is -2.57. The number of rotatable bonds is 3. The lowest BCUT2D eigenvalue weighted by molar-refractivity contribution is -0.0748. The average Bonchev–Trinajstić information content (AvgIpc) is 2.62. The molecule has 0 heterocycles. The minimum Gasteiger partial charge on any atom is -0.392 e. The van der Waals surface area contributed by atoms with Gasteiger partial charge in [-0.1, -0.05) is 19.3 Å². The zero-order valence-corrected chi connectivity index (χ0v) is 13.7. The van der Waals surface area contributed by atoms with Crippen LogP contribution >= 0.6 is 0 Å². The SMILES string of the molecule is CC(NC1CCCCCC1O)C12CC3CC(CC(C3)C1)C2. The van der Waals surface area contributed by atoms with E-state index in [0.29, 0.717) is 17.5 Å². The number of aliphatic hydroxyl groups is 1. The molecule has 5 aliphatic carbocycles. The van der Waals surface area contributed by atoms with Crippen LogP contribution in [0.2, 0.25) is 0 Å². The molecule has 0 aromatic heterocycles. The van der Waals surface area contributed by atoms with Crippen LogP contribution < -0.4 is 5.32 Å². The van der Waals surface area contributed by atoms with Gasteiger partial charge in [0, 0.05) is 12.1 Å². The highest BCUT2D eigenvalue weighted by molar-refractivity contribution is 5.05. The van der Waals surface area contributed by atoms with Crippen LogP contribution in [0.25, 0.3) is 0 Å². The van der Waals surface area contributed by atoms with Crippen LogP contribution in [0.5, 0.6) is 0 Å². The van der Waals surface area contributed by atoms with Gasteiger partial charge in [0.2, 0.25) is 0 Å². The van der Waals surface area contributed by atoms with Gasteiger partial charge in [-0.2, -0.15) is 0 Å². The lowest BCUT2D eigenvalue weighted by Gasteiger charge is -2.59. The van der Waals surface area contributed by atoms with Crippen molar-refractivity contribution >= 4 is 0 Å². The quantitative estimate of drug-likeness (QED) is 0.774. The summed E-state index contributed by atoms with van der Waals surface area (Å²) in [5.41, 5.74) is 0.570. The van der Waals surface area contributed by atoms with Gasteiger partial charge in [0.25, 0.3) is 0 Å². The van der Waals surface area contributed by atoms with Crippen molar-refractivity contribution in [2.24, 2.45) is 23.2 Å². The molecule has 3 atom stereocenters. The molecule has 2 N–H and O–H groups in total. The van der Waals surface area contributed by atoms with E-state index in [-0.39, 0.29) is 6.10 Å². The first-order valence-electron chi connectivity index (χ1n) is 9.59. The molecule has 21 heavy (non-hydrogen) atoms. The first-order valence-corrected chi connectivity index (χ1v) is 9.59. The fourth-order valence-corrected chi connectivity index (χ4v) is 6.69. The van der Waals surface area contributed by atoms with E-state index in [1.807, 2.05) is 0 Å². The van der Waals surface area contributed by atoms with Gasteiger partial charge in [0.05, 0.1) is 6.10 Å². The highest BCUT2D eigenvalue weighted by Gasteiger charge is 2.53. The normalized spacial score (nSPS) is 50.9. The van der Waals surface area contributed by atoms with Crippen LogP contribution in [0, 0.1) is 23.2 Å². The van der Waals surface area contributed by atoms with E-state index in [9.17, 15) is 5.11 Å². The number of hydrogen-bond acceptors (Lipinski definition) is 2. The van der Waals surface area contributed by atoms with Gasteiger partial charge in [-0.05, 0) is 81.5 Å². The Bertz CT molecular complexity index is 344. The molecule has 0 aromatic rings. The monoisotopic (exact) mass is 291 g/mol. The van der Waals surface area contributed by atoms with Crippen molar-refractivity contribution in [1.29, 1.82) is 0 Å². The summed E-state index contributed by atoms with van der Waals surface area (Å²) in [7, 11) is 0. The number of nitrogens with one attached hydrogen (secondary N) is 1. The van der Waals surface area contributed by atoms with Crippen LogP contribution in [0.4, 0.5) is 0 Å². The molecule has 0 saturated heterocycles. The van der Waals surface area contributed by atoms with Crippen molar-refractivity contribution in [3.05, 3.63) is 0 Å². The summed E-state index contributed by atoms with van der Waals surface area (Å²) in [6.07, 6.45) is 14.9. The minimum absolute atomic E-state index is 0.108. The Kier molecular flexibility index (Phi) is 3.82. The topological polar surface area (TPSA) is 32.3 Å². The summed E-state index contributed by atoms with van der Waals surface area (Å²) in [4.78, 5) is 0. The summed E-state index contributed by atoms with van der Waals surface area (Å²) in [5.74, 6) is 3.08. The third kappa shape index (κ3) is 2.67. The molecule has 2 heteroatoms. The van der Waals surface area contributed by atoms with Gasteiger partial charge >= 0.3 is 0 Å². The Hall–Kier alpha value is -0.0800. The van der Waals surface area contributed by atoms with Crippen molar-refractivity contribution in [1.82, 2.24) is 5.32 Å². The maximum Gasteiger partial charge on any atom is 0.0693 e. The standard InChI is InChI=1S/C19H33NO/c1-13(20-17-5-3-2-4-6-18(17)21)19-10-14-7-15(11-19)9-16(8-14)12-19/h13-18,20-21H,2-12H2,1H3. The first-order chi connectivity index (χ1) is 10.1. The molecule has 3 unspecified atom stereocenters. The second kappa shape index (κ2) is 5.53. The van der Waals surface area contributed by atoms with Crippen molar-refractivity contribution < 1.29 is 5.11 Å². The van der Waals surface area contributed by atoms with E-state index in [0.717, 1.165) is 24.2 Å². The largest absolute Gasteiger partial charge is 0.392 e. The molecule has 2 nitrogen and oxygen atoms in total. The fraction of sp³-hybridized carbons (Fsp3) is 1.00. The van der Waals surface area contributed by atoms with Gasteiger partial charge in [0.1, 0.15) is 0 Å². The Morgan fingerprint density at radius 3 is 2.10 bits per heavy atom. The van der Waals surface area contributed by atoms with E-state index < -0.39 is 0 Å². The molecule has 4 bridgehead atoms. The molecule has 5 fully saturated rings. The van der Waals surface area contributed by atoms with Crippen LogP contribution in [-0.2, 0) is 0 Å². The number of hydrogen-bond donors (Lipinski definition) is 2. The molecule has 0 aromatic carbocycles. The summed E-state index contributed by atoms with van der Waals surface area (Å²) >= 11 is 0. The predicted octanol–water partition coefficient (Wildman–Crippen LogP) is 3.87.